The van der Waals surface area contributed by atoms with Crippen LogP contribution >= 0.6 is 45.8 Å². The van der Waals surface area contributed by atoms with Crippen LogP contribution in [-0.4, -0.2) is 18.7 Å². The minimum atomic E-state index is -0.216. The predicted octanol–water partition coefficient (Wildman–Crippen LogP) is 6.27. The Kier molecular flexibility index (Phi) is 9.20. The first-order valence-corrected chi connectivity index (χ1v) is 11.7. The molecule has 0 aliphatic rings. The van der Waals surface area contributed by atoms with E-state index in [0.717, 1.165) is 20.3 Å². The molecule has 0 atom stereocenters. The molecule has 0 heterocycles. The smallest absolute Gasteiger partial charge is 0.244 e. The maximum Gasteiger partial charge on any atom is 0.244 e. The van der Waals surface area contributed by atoms with E-state index in [0.29, 0.717) is 34.8 Å². The van der Waals surface area contributed by atoms with Crippen LogP contribution in [-0.2, 0) is 17.8 Å². The van der Waals surface area contributed by atoms with Crippen molar-refractivity contribution < 1.29 is 14.3 Å². The van der Waals surface area contributed by atoms with Gasteiger partial charge in [0.15, 0.2) is 11.5 Å². The Bertz CT molecular complexity index is 1090. The first-order chi connectivity index (χ1) is 15.4. The van der Waals surface area contributed by atoms with Gasteiger partial charge in [0, 0.05) is 10.0 Å². The molecule has 32 heavy (non-hydrogen) atoms. The Morgan fingerprint density at radius 1 is 1.00 bits per heavy atom. The van der Waals surface area contributed by atoms with E-state index in [4.69, 9.17) is 32.7 Å². The number of ether oxygens (including phenoxy) is 2. The molecule has 0 bridgehead atoms. The summed E-state index contributed by atoms with van der Waals surface area (Å²) in [5, 5.41) is 5.38. The number of hydrogen-bond donors (Lipinski definition) is 1. The van der Waals surface area contributed by atoms with Gasteiger partial charge in [-0.25, -0.2) is 5.43 Å². The number of benzene rings is 3. The summed E-state index contributed by atoms with van der Waals surface area (Å²) in [6.07, 6.45) is 1.79. The fourth-order valence-electron chi connectivity index (χ4n) is 2.81. The van der Waals surface area contributed by atoms with E-state index < -0.39 is 0 Å². The van der Waals surface area contributed by atoms with Crippen molar-refractivity contribution >= 4 is 57.9 Å². The van der Waals surface area contributed by atoms with Crippen LogP contribution in [0.1, 0.15) is 23.6 Å². The van der Waals surface area contributed by atoms with Crippen molar-refractivity contribution in [1.82, 2.24) is 5.43 Å². The maximum atomic E-state index is 12.1. The number of rotatable bonds is 9. The minimum Gasteiger partial charge on any atom is -0.490 e. The van der Waals surface area contributed by atoms with Crippen molar-refractivity contribution in [3.05, 3.63) is 91.0 Å². The summed E-state index contributed by atoms with van der Waals surface area (Å²) in [7, 11) is 0. The van der Waals surface area contributed by atoms with Crippen LogP contribution in [0.4, 0.5) is 0 Å². The van der Waals surface area contributed by atoms with Crippen molar-refractivity contribution in [3.63, 3.8) is 0 Å². The second kappa shape index (κ2) is 12.1. The largest absolute Gasteiger partial charge is 0.490 e. The molecule has 8 heteroatoms. The summed E-state index contributed by atoms with van der Waals surface area (Å²) in [6, 6.07) is 18.4. The molecule has 3 aromatic carbocycles. The number of nitrogens with zero attached hydrogens (tertiary/aromatic N) is 1. The summed E-state index contributed by atoms with van der Waals surface area (Å²) in [6.45, 7) is 2.79. The van der Waals surface area contributed by atoms with Crippen LogP contribution in [0.5, 0.6) is 11.5 Å². The fourth-order valence-corrected chi connectivity index (χ4v) is 3.84. The minimum absolute atomic E-state index is 0.216. The van der Waals surface area contributed by atoms with Crippen LogP contribution in [0.25, 0.3) is 0 Å². The summed E-state index contributed by atoms with van der Waals surface area (Å²) < 4.78 is 12.7. The molecule has 1 amide bonds. The Morgan fingerprint density at radius 2 is 1.62 bits per heavy atom. The zero-order chi connectivity index (χ0) is 22.9. The number of amides is 1. The lowest BCUT2D eigenvalue weighted by atomic mass is 10.1. The molecule has 1 N–H and O–H groups in total. The highest BCUT2D eigenvalue weighted by atomic mass is 127. The second-order valence-electron chi connectivity index (χ2n) is 6.77. The van der Waals surface area contributed by atoms with Gasteiger partial charge >= 0.3 is 0 Å². The molecule has 0 aliphatic carbocycles. The van der Waals surface area contributed by atoms with Gasteiger partial charge < -0.3 is 9.47 Å². The third-order valence-corrected chi connectivity index (χ3v) is 5.61. The van der Waals surface area contributed by atoms with Gasteiger partial charge in [0.1, 0.15) is 6.61 Å². The number of nitrogens with one attached hydrogen (secondary N) is 1. The van der Waals surface area contributed by atoms with Crippen molar-refractivity contribution in [3.8, 4) is 11.5 Å². The van der Waals surface area contributed by atoms with E-state index in [2.05, 4.69) is 33.1 Å². The van der Waals surface area contributed by atoms with Gasteiger partial charge in [-0.2, -0.15) is 5.10 Å². The molecule has 0 fully saturated rings. The van der Waals surface area contributed by atoms with Gasteiger partial charge in [-0.3, -0.25) is 4.79 Å². The van der Waals surface area contributed by atoms with E-state index >= 15 is 0 Å². The molecule has 0 spiro atoms. The Morgan fingerprint density at radius 3 is 2.25 bits per heavy atom. The number of hydrogen-bond acceptors (Lipinski definition) is 4. The van der Waals surface area contributed by atoms with Crippen LogP contribution in [0.2, 0.25) is 10.0 Å². The lowest BCUT2D eigenvalue weighted by molar-refractivity contribution is -0.120. The lowest BCUT2D eigenvalue weighted by Gasteiger charge is -2.15. The van der Waals surface area contributed by atoms with E-state index in [1.165, 1.54) is 0 Å². The first-order valence-electron chi connectivity index (χ1n) is 9.84. The van der Waals surface area contributed by atoms with Gasteiger partial charge in [-0.05, 0) is 82.6 Å². The quantitative estimate of drug-likeness (QED) is 0.184. The van der Waals surface area contributed by atoms with E-state index in [9.17, 15) is 4.79 Å². The molecule has 3 aromatic rings. The Labute approximate surface area is 210 Å². The highest BCUT2D eigenvalue weighted by Crippen LogP contribution is 2.34. The molecule has 0 saturated heterocycles. The molecule has 5 nitrogen and oxygen atoms in total. The molecule has 0 unspecified atom stereocenters. The van der Waals surface area contributed by atoms with Gasteiger partial charge in [-0.1, -0.05) is 47.5 Å². The van der Waals surface area contributed by atoms with Gasteiger partial charge in [0.05, 0.1) is 22.8 Å². The summed E-state index contributed by atoms with van der Waals surface area (Å²) >= 11 is 14.0. The van der Waals surface area contributed by atoms with Crippen LogP contribution in [0.15, 0.2) is 65.8 Å². The SMILES string of the molecule is CCOc1cc(/C=N\NC(=O)Cc2ccc(Cl)cc2)cc(I)c1OCc1ccc(Cl)cc1. The number of carbonyl (C=O) groups excluding carboxylic acids is 1. The third kappa shape index (κ3) is 7.39. The van der Waals surface area contributed by atoms with E-state index in [-0.39, 0.29) is 12.3 Å². The number of carbonyl (C=O) groups is 1. The summed E-state index contributed by atoms with van der Waals surface area (Å²) in [4.78, 5) is 12.1. The molecule has 0 saturated carbocycles. The fraction of sp³-hybridized carbons (Fsp3) is 0.167. The summed E-state index contributed by atoms with van der Waals surface area (Å²) in [5.74, 6) is 1.06. The highest BCUT2D eigenvalue weighted by Gasteiger charge is 2.12. The Hall–Kier alpha value is -2.29. The third-order valence-electron chi connectivity index (χ3n) is 4.31. The van der Waals surface area contributed by atoms with Gasteiger partial charge in [0.25, 0.3) is 0 Å². The van der Waals surface area contributed by atoms with Crippen LogP contribution < -0.4 is 14.9 Å². The van der Waals surface area contributed by atoms with Crippen molar-refractivity contribution in [2.24, 2.45) is 5.10 Å². The molecule has 0 aliphatic heterocycles. The van der Waals surface area contributed by atoms with Crippen molar-refractivity contribution in [2.75, 3.05) is 6.61 Å². The number of halogens is 3. The number of hydrazone groups is 1. The van der Waals surface area contributed by atoms with Gasteiger partial charge in [0.2, 0.25) is 5.91 Å². The second-order valence-corrected chi connectivity index (χ2v) is 8.81. The van der Waals surface area contributed by atoms with Gasteiger partial charge in [-0.15, -0.1) is 0 Å². The lowest BCUT2D eigenvalue weighted by Crippen LogP contribution is -2.19. The zero-order valence-electron chi connectivity index (χ0n) is 17.3. The van der Waals surface area contributed by atoms with E-state index in [1.54, 1.807) is 18.3 Å². The average molecular weight is 583 g/mol. The first kappa shape index (κ1) is 24.4. The molecule has 3 rings (SSSR count). The van der Waals surface area contributed by atoms with Crippen LogP contribution in [0, 0.1) is 3.57 Å². The molecule has 0 aromatic heterocycles. The maximum absolute atomic E-state index is 12.1. The average Bonchev–Trinajstić information content (AvgIpc) is 2.76. The standard InChI is InChI=1S/C24H21Cl2IN2O3/c1-2-31-22-12-18(14-28-29-23(30)13-16-3-7-19(25)8-4-16)11-21(27)24(22)32-15-17-5-9-20(26)10-6-17/h3-12,14H,2,13,15H2,1H3,(H,29,30)/b28-14-. The normalized spacial score (nSPS) is 10.9. The zero-order valence-corrected chi connectivity index (χ0v) is 20.9. The summed E-state index contributed by atoms with van der Waals surface area (Å²) in [5.41, 5.74) is 5.18. The molecule has 166 valence electrons. The molecular formula is C24H21Cl2IN2O3. The molecule has 0 radical (unpaired) electrons. The van der Waals surface area contributed by atoms with E-state index in [1.807, 2.05) is 55.5 Å². The highest BCUT2D eigenvalue weighted by molar-refractivity contribution is 14.1. The van der Waals surface area contributed by atoms with Crippen molar-refractivity contribution in [2.45, 2.75) is 20.0 Å². The topological polar surface area (TPSA) is 59.9 Å². The predicted molar refractivity (Wildman–Crippen MR) is 137 cm³/mol. The Balaban J connectivity index is 1.65. The van der Waals surface area contributed by atoms with Crippen LogP contribution in [0.3, 0.4) is 0 Å². The monoisotopic (exact) mass is 582 g/mol. The molecular weight excluding hydrogens is 562 g/mol. The van der Waals surface area contributed by atoms with Crippen molar-refractivity contribution in [1.29, 1.82) is 0 Å².